The van der Waals surface area contributed by atoms with E-state index in [1.807, 2.05) is 36.4 Å². The fraction of sp³-hybridized carbons (Fsp3) is 0.333. The van der Waals surface area contributed by atoms with Crippen LogP contribution in [0.2, 0.25) is 0 Å². The van der Waals surface area contributed by atoms with E-state index < -0.39 is 0 Å². The number of carbonyl (C=O) groups is 2. The van der Waals surface area contributed by atoms with Gasteiger partial charge >= 0.3 is 5.97 Å². The van der Waals surface area contributed by atoms with Crippen molar-refractivity contribution in [3.63, 3.8) is 0 Å². The lowest BCUT2D eigenvalue weighted by molar-refractivity contribution is -0.107. The zero-order chi connectivity index (χ0) is 25.5. The van der Waals surface area contributed by atoms with Crippen molar-refractivity contribution in [2.24, 2.45) is 0 Å². The van der Waals surface area contributed by atoms with Crippen LogP contribution in [-0.4, -0.2) is 46.6 Å². The molecule has 1 N–H and O–H groups in total. The van der Waals surface area contributed by atoms with Gasteiger partial charge in [0.05, 0.1) is 19.8 Å². The molecule has 1 atom stereocenters. The summed E-state index contributed by atoms with van der Waals surface area (Å²) in [5.41, 5.74) is 5.82. The van der Waals surface area contributed by atoms with Gasteiger partial charge in [0.1, 0.15) is 12.0 Å². The van der Waals surface area contributed by atoms with Crippen LogP contribution in [0.4, 0.5) is 5.69 Å². The molecule has 0 aromatic heterocycles. The summed E-state index contributed by atoms with van der Waals surface area (Å²) in [5.74, 6) is 0.962. The molecule has 3 aromatic carbocycles. The van der Waals surface area contributed by atoms with Crippen molar-refractivity contribution in [1.82, 2.24) is 5.32 Å². The molecule has 0 radical (unpaired) electrons. The molecule has 6 nitrogen and oxygen atoms in total. The average molecular weight is 487 g/mol. The number of ether oxygens (including phenoxy) is 2. The monoisotopic (exact) mass is 486 g/mol. The fourth-order valence-electron chi connectivity index (χ4n) is 4.84. The van der Waals surface area contributed by atoms with Gasteiger partial charge in [-0.15, -0.1) is 0 Å². The highest BCUT2D eigenvalue weighted by atomic mass is 16.5. The minimum Gasteiger partial charge on any atom is -0.497 e. The van der Waals surface area contributed by atoms with Gasteiger partial charge in [-0.1, -0.05) is 42.5 Å². The van der Waals surface area contributed by atoms with E-state index in [-0.39, 0.29) is 11.5 Å². The minimum absolute atomic E-state index is 0.0948. The topological polar surface area (TPSA) is 67.9 Å². The zero-order valence-electron chi connectivity index (χ0n) is 21.2. The van der Waals surface area contributed by atoms with Crippen molar-refractivity contribution in [2.75, 3.05) is 39.3 Å². The average Bonchev–Trinajstić information content (AvgIpc) is 3.65. The normalized spacial score (nSPS) is 16.9. The van der Waals surface area contributed by atoms with Crippen LogP contribution in [0.5, 0.6) is 5.75 Å². The van der Waals surface area contributed by atoms with Crippen molar-refractivity contribution in [3.8, 4) is 5.75 Å². The van der Waals surface area contributed by atoms with Crippen molar-refractivity contribution >= 4 is 17.9 Å². The van der Waals surface area contributed by atoms with Crippen molar-refractivity contribution in [3.05, 3.63) is 95.1 Å². The highest BCUT2D eigenvalue weighted by Crippen LogP contribution is 2.46. The fourth-order valence-corrected chi connectivity index (χ4v) is 4.84. The lowest BCUT2D eigenvalue weighted by Gasteiger charge is -2.17. The number of benzene rings is 3. The Balaban J connectivity index is 0.000000174. The molecule has 1 saturated carbocycles. The van der Waals surface area contributed by atoms with Crippen LogP contribution >= 0.6 is 0 Å². The van der Waals surface area contributed by atoms with E-state index >= 15 is 0 Å². The maximum atomic E-state index is 11.5. The van der Waals surface area contributed by atoms with Gasteiger partial charge in [0.2, 0.25) is 0 Å². The molecule has 1 fully saturated rings. The van der Waals surface area contributed by atoms with E-state index in [1.165, 1.54) is 29.5 Å². The molecule has 3 aromatic rings. The lowest BCUT2D eigenvalue weighted by atomic mass is 9.92. The smallest absolute Gasteiger partial charge is 0.337 e. The second-order valence-electron chi connectivity index (χ2n) is 9.30. The largest absolute Gasteiger partial charge is 0.497 e. The van der Waals surface area contributed by atoms with Crippen molar-refractivity contribution < 1.29 is 19.1 Å². The first-order valence-electron chi connectivity index (χ1n) is 12.3. The highest BCUT2D eigenvalue weighted by Gasteiger charge is 2.43. The summed E-state index contributed by atoms with van der Waals surface area (Å²) in [6, 6.07) is 24.3. The van der Waals surface area contributed by atoms with E-state index in [0.29, 0.717) is 17.9 Å². The maximum absolute atomic E-state index is 11.5. The van der Waals surface area contributed by atoms with Gasteiger partial charge in [0, 0.05) is 43.7 Å². The van der Waals surface area contributed by atoms with Gasteiger partial charge in [-0.2, -0.15) is 0 Å². The molecule has 188 valence electrons. The van der Waals surface area contributed by atoms with Crippen LogP contribution in [0.15, 0.2) is 72.8 Å². The third-order valence-corrected chi connectivity index (χ3v) is 7.01. The minimum atomic E-state index is -0.291. The Labute approximate surface area is 213 Å². The Morgan fingerprint density at radius 2 is 1.81 bits per heavy atom. The van der Waals surface area contributed by atoms with E-state index in [9.17, 15) is 9.59 Å². The molecule has 5 rings (SSSR count). The lowest BCUT2D eigenvalue weighted by Crippen LogP contribution is -2.29. The molecule has 1 aliphatic heterocycles. The number of fused-ring (bicyclic) bond motifs is 1. The Kier molecular flexibility index (Phi) is 8.06. The summed E-state index contributed by atoms with van der Waals surface area (Å²) in [6.45, 7) is 1.72. The Bertz CT molecular complexity index is 1190. The number of nitrogens with zero attached hydrogens (tertiary/aromatic N) is 1. The first kappa shape index (κ1) is 25.5. The van der Waals surface area contributed by atoms with Crippen LogP contribution in [0.25, 0.3) is 0 Å². The van der Waals surface area contributed by atoms with Crippen LogP contribution in [0, 0.1) is 0 Å². The molecule has 2 aliphatic rings. The number of anilines is 1. The maximum Gasteiger partial charge on any atom is 0.337 e. The standard InChI is InChI=1S/C17H17NO2.C13H17NO2/c1-18-11-15(14-5-3-4-6-16(14)18)12-7-9-13(10-8-12)17(19)20-2;1-16-12-5-2-4-11(10-12)13(6-7-13)14-8-3-9-15/h3-10,15H,11H2,1-2H3;2,4-5,9-10,14H,3,6-8H2,1H3. The number of likely N-dealkylation sites (N-methyl/N-ethyl adjacent to an activating group) is 1. The third kappa shape index (κ3) is 5.60. The second-order valence-corrected chi connectivity index (χ2v) is 9.30. The van der Waals surface area contributed by atoms with Crippen molar-refractivity contribution in [2.45, 2.75) is 30.7 Å². The number of hydrogen-bond donors (Lipinski definition) is 1. The van der Waals surface area contributed by atoms with Gasteiger partial charge < -0.3 is 24.5 Å². The predicted octanol–water partition coefficient (Wildman–Crippen LogP) is 4.92. The Morgan fingerprint density at radius 1 is 1.06 bits per heavy atom. The predicted molar refractivity (Wildman–Crippen MR) is 142 cm³/mol. The van der Waals surface area contributed by atoms with E-state index in [2.05, 4.69) is 53.7 Å². The number of methoxy groups -OCH3 is 2. The van der Waals surface area contributed by atoms with E-state index in [1.54, 1.807) is 7.11 Å². The summed E-state index contributed by atoms with van der Waals surface area (Å²) in [5, 5.41) is 3.45. The number of rotatable bonds is 8. The number of nitrogens with one attached hydrogen (secondary N) is 1. The highest BCUT2D eigenvalue weighted by molar-refractivity contribution is 5.89. The van der Waals surface area contributed by atoms with E-state index in [0.717, 1.165) is 38.0 Å². The molecule has 0 bridgehead atoms. The first-order chi connectivity index (χ1) is 17.5. The van der Waals surface area contributed by atoms with Gasteiger partial charge in [0.15, 0.2) is 0 Å². The summed E-state index contributed by atoms with van der Waals surface area (Å²) in [6.07, 6.45) is 3.80. The summed E-state index contributed by atoms with van der Waals surface area (Å²) < 4.78 is 9.95. The second kappa shape index (κ2) is 11.4. The summed E-state index contributed by atoms with van der Waals surface area (Å²) >= 11 is 0. The van der Waals surface area contributed by atoms with Gasteiger partial charge in [-0.3, -0.25) is 0 Å². The zero-order valence-corrected chi connectivity index (χ0v) is 21.2. The van der Waals surface area contributed by atoms with Gasteiger partial charge in [0.25, 0.3) is 0 Å². The molecule has 6 heteroatoms. The van der Waals surface area contributed by atoms with Gasteiger partial charge in [-0.25, -0.2) is 4.79 Å². The molecular formula is C30H34N2O4. The van der Waals surface area contributed by atoms with Crippen LogP contribution in [0.1, 0.15) is 52.2 Å². The summed E-state index contributed by atoms with van der Waals surface area (Å²) in [7, 11) is 5.19. The SMILES string of the molecule is COC(=O)c1ccc(C2CN(C)c3ccccc32)cc1.COc1cccc(C2(NCCC=O)CC2)c1. The molecule has 1 heterocycles. The number of para-hydroxylation sites is 1. The molecule has 0 amide bonds. The van der Waals surface area contributed by atoms with Crippen LogP contribution in [0.3, 0.4) is 0 Å². The Morgan fingerprint density at radius 3 is 2.47 bits per heavy atom. The molecule has 0 spiro atoms. The van der Waals surface area contributed by atoms with Crippen molar-refractivity contribution in [1.29, 1.82) is 0 Å². The number of carbonyl (C=O) groups excluding carboxylic acids is 2. The van der Waals surface area contributed by atoms with E-state index in [4.69, 9.17) is 9.47 Å². The molecule has 36 heavy (non-hydrogen) atoms. The molecule has 0 saturated heterocycles. The third-order valence-electron chi connectivity index (χ3n) is 7.01. The number of hydrogen-bond acceptors (Lipinski definition) is 6. The number of esters is 1. The molecule has 1 unspecified atom stereocenters. The number of aldehydes is 1. The summed E-state index contributed by atoms with van der Waals surface area (Å²) in [4.78, 5) is 24.0. The quantitative estimate of drug-likeness (QED) is 0.277. The van der Waals surface area contributed by atoms with Gasteiger partial charge in [-0.05, 0) is 59.9 Å². The molecule has 1 aliphatic carbocycles. The van der Waals surface area contributed by atoms with Crippen LogP contribution < -0.4 is 15.0 Å². The Hall–Kier alpha value is -3.64. The van der Waals surface area contributed by atoms with Crippen LogP contribution in [-0.2, 0) is 15.1 Å². The molecular weight excluding hydrogens is 452 g/mol. The first-order valence-corrected chi connectivity index (χ1v) is 12.3.